The third kappa shape index (κ3) is 4.05. The van der Waals surface area contributed by atoms with E-state index in [1.807, 2.05) is 24.3 Å². The van der Waals surface area contributed by atoms with E-state index < -0.39 is 0 Å². The topological polar surface area (TPSA) is 24.1 Å². The van der Waals surface area contributed by atoms with Crippen molar-refractivity contribution in [1.29, 1.82) is 0 Å². The fourth-order valence-electron chi connectivity index (χ4n) is 2.24. The largest absolute Gasteiger partial charge is 0.332 e. The SMILES string of the molecule is Cc1ccccc1NC(=S)Nc1ccccc1C(C)(C)C. The Morgan fingerprint density at radius 2 is 1.38 bits per heavy atom. The maximum Gasteiger partial charge on any atom is 0.175 e. The van der Waals surface area contributed by atoms with E-state index >= 15 is 0 Å². The maximum absolute atomic E-state index is 5.44. The minimum atomic E-state index is 0.0713. The maximum atomic E-state index is 5.44. The first kappa shape index (κ1) is 15.5. The van der Waals surface area contributed by atoms with Gasteiger partial charge in [0.05, 0.1) is 0 Å². The number of benzene rings is 2. The Morgan fingerprint density at radius 1 is 0.857 bits per heavy atom. The predicted octanol–water partition coefficient (Wildman–Crippen LogP) is 5.10. The Kier molecular flexibility index (Phi) is 4.63. The molecule has 0 radical (unpaired) electrons. The molecule has 0 heterocycles. The zero-order chi connectivity index (χ0) is 15.5. The van der Waals surface area contributed by atoms with Crippen molar-refractivity contribution in [2.75, 3.05) is 10.6 Å². The van der Waals surface area contributed by atoms with Crippen molar-refractivity contribution in [2.45, 2.75) is 33.1 Å². The lowest BCUT2D eigenvalue weighted by atomic mass is 9.86. The van der Waals surface area contributed by atoms with Crippen molar-refractivity contribution in [3.05, 3.63) is 59.7 Å². The minimum absolute atomic E-state index is 0.0713. The Morgan fingerprint density at radius 3 is 2.00 bits per heavy atom. The van der Waals surface area contributed by atoms with Crippen molar-refractivity contribution < 1.29 is 0 Å². The molecule has 2 aromatic rings. The number of para-hydroxylation sites is 2. The first-order valence-electron chi connectivity index (χ1n) is 7.11. The molecule has 0 bridgehead atoms. The van der Waals surface area contributed by atoms with Gasteiger partial charge in [0.2, 0.25) is 0 Å². The summed E-state index contributed by atoms with van der Waals surface area (Å²) in [5.41, 5.74) is 4.58. The number of rotatable bonds is 2. The van der Waals surface area contributed by atoms with Crippen LogP contribution in [-0.2, 0) is 5.41 Å². The quantitative estimate of drug-likeness (QED) is 0.754. The molecule has 0 aliphatic carbocycles. The Labute approximate surface area is 132 Å². The lowest BCUT2D eigenvalue weighted by molar-refractivity contribution is 0.592. The molecule has 0 atom stereocenters. The van der Waals surface area contributed by atoms with Crippen LogP contribution in [0.1, 0.15) is 31.9 Å². The van der Waals surface area contributed by atoms with Gasteiger partial charge >= 0.3 is 0 Å². The van der Waals surface area contributed by atoms with E-state index in [9.17, 15) is 0 Å². The first-order valence-corrected chi connectivity index (χ1v) is 7.52. The Bertz CT molecular complexity index is 642. The van der Waals surface area contributed by atoms with Gasteiger partial charge in [0.1, 0.15) is 0 Å². The molecule has 3 heteroatoms. The third-order valence-electron chi connectivity index (χ3n) is 3.38. The lowest BCUT2D eigenvalue weighted by Gasteiger charge is -2.24. The molecular weight excluding hydrogens is 276 g/mol. The van der Waals surface area contributed by atoms with Crippen LogP contribution in [-0.4, -0.2) is 5.11 Å². The van der Waals surface area contributed by atoms with E-state index in [0.717, 1.165) is 11.4 Å². The molecule has 2 nitrogen and oxygen atoms in total. The van der Waals surface area contributed by atoms with Gasteiger partial charge in [-0.2, -0.15) is 0 Å². The van der Waals surface area contributed by atoms with Gasteiger partial charge in [-0.3, -0.25) is 0 Å². The highest BCUT2D eigenvalue weighted by Gasteiger charge is 2.17. The molecule has 0 amide bonds. The molecule has 0 saturated carbocycles. The molecule has 0 saturated heterocycles. The fourth-order valence-corrected chi connectivity index (χ4v) is 2.46. The smallest absolute Gasteiger partial charge is 0.175 e. The van der Waals surface area contributed by atoms with Crippen LogP contribution < -0.4 is 10.6 Å². The molecule has 2 N–H and O–H groups in total. The van der Waals surface area contributed by atoms with Crippen molar-refractivity contribution >= 4 is 28.7 Å². The van der Waals surface area contributed by atoms with Crippen LogP contribution in [0.15, 0.2) is 48.5 Å². The van der Waals surface area contributed by atoms with Gasteiger partial charge in [-0.25, -0.2) is 0 Å². The van der Waals surface area contributed by atoms with Gasteiger partial charge in [0.15, 0.2) is 5.11 Å². The molecular formula is C18H22N2S. The second-order valence-electron chi connectivity index (χ2n) is 6.19. The van der Waals surface area contributed by atoms with Crippen LogP contribution in [0.25, 0.3) is 0 Å². The number of nitrogens with one attached hydrogen (secondary N) is 2. The van der Waals surface area contributed by atoms with Crippen LogP contribution in [0.5, 0.6) is 0 Å². The molecule has 110 valence electrons. The molecule has 0 aliphatic rings. The van der Waals surface area contributed by atoms with Crippen LogP contribution >= 0.6 is 12.2 Å². The summed E-state index contributed by atoms with van der Waals surface area (Å²) < 4.78 is 0. The summed E-state index contributed by atoms with van der Waals surface area (Å²) >= 11 is 5.44. The summed E-state index contributed by atoms with van der Waals surface area (Å²) in [5.74, 6) is 0. The molecule has 21 heavy (non-hydrogen) atoms. The van der Waals surface area contributed by atoms with Crippen molar-refractivity contribution in [2.24, 2.45) is 0 Å². The van der Waals surface area contributed by atoms with Gasteiger partial charge in [-0.1, -0.05) is 57.2 Å². The second kappa shape index (κ2) is 6.27. The summed E-state index contributed by atoms with van der Waals surface area (Å²) in [4.78, 5) is 0. The second-order valence-corrected chi connectivity index (χ2v) is 6.60. The van der Waals surface area contributed by atoms with Gasteiger partial charge in [0, 0.05) is 11.4 Å². The third-order valence-corrected chi connectivity index (χ3v) is 3.58. The number of anilines is 2. The average molecular weight is 298 g/mol. The number of hydrogen-bond donors (Lipinski definition) is 2. The van der Waals surface area contributed by atoms with E-state index in [4.69, 9.17) is 12.2 Å². The highest BCUT2D eigenvalue weighted by Crippen LogP contribution is 2.29. The van der Waals surface area contributed by atoms with Crippen molar-refractivity contribution in [3.8, 4) is 0 Å². The molecule has 0 fully saturated rings. The van der Waals surface area contributed by atoms with E-state index in [-0.39, 0.29) is 5.41 Å². The van der Waals surface area contributed by atoms with Crippen LogP contribution in [0.4, 0.5) is 11.4 Å². The first-order chi connectivity index (χ1) is 9.88. The summed E-state index contributed by atoms with van der Waals surface area (Å²) in [7, 11) is 0. The van der Waals surface area contributed by atoms with E-state index in [0.29, 0.717) is 5.11 Å². The molecule has 0 unspecified atom stereocenters. The minimum Gasteiger partial charge on any atom is -0.332 e. The highest BCUT2D eigenvalue weighted by atomic mass is 32.1. The Balaban J connectivity index is 2.16. The summed E-state index contributed by atoms with van der Waals surface area (Å²) in [6.45, 7) is 8.66. The number of aryl methyl sites for hydroxylation is 1. The van der Waals surface area contributed by atoms with Crippen LogP contribution in [0.3, 0.4) is 0 Å². The zero-order valence-electron chi connectivity index (χ0n) is 13.0. The van der Waals surface area contributed by atoms with Crippen molar-refractivity contribution in [1.82, 2.24) is 0 Å². The van der Waals surface area contributed by atoms with Crippen LogP contribution in [0, 0.1) is 6.92 Å². The number of thiocarbonyl (C=S) groups is 1. The molecule has 0 aromatic heterocycles. The molecule has 2 aromatic carbocycles. The lowest BCUT2D eigenvalue weighted by Crippen LogP contribution is -2.22. The summed E-state index contributed by atoms with van der Waals surface area (Å²) in [6.07, 6.45) is 0. The molecule has 2 rings (SSSR count). The molecule has 0 spiro atoms. The van der Waals surface area contributed by atoms with Gasteiger partial charge < -0.3 is 10.6 Å². The monoisotopic (exact) mass is 298 g/mol. The van der Waals surface area contributed by atoms with E-state index in [1.54, 1.807) is 0 Å². The molecule has 0 aliphatic heterocycles. The standard InChI is InChI=1S/C18H22N2S/c1-13-9-5-7-11-15(13)19-17(21)20-16-12-8-6-10-14(16)18(2,3)4/h5-12H,1-4H3,(H2,19,20,21). The highest BCUT2D eigenvalue weighted by molar-refractivity contribution is 7.80. The fraction of sp³-hybridized carbons (Fsp3) is 0.278. The normalized spacial score (nSPS) is 11.0. The van der Waals surface area contributed by atoms with Crippen LogP contribution in [0.2, 0.25) is 0 Å². The summed E-state index contributed by atoms with van der Waals surface area (Å²) in [6, 6.07) is 16.4. The average Bonchev–Trinajstić information content (AvgIpc) is 2.41. The van der Waals surface area contributed by atoms with Gasteiger partial charge in [-0.05, 0) is 47.8 Å². The van der Waals surface area contributed by atoms with Crippen molar-refractivity contribution in [3.63, 3.8) is 0 Å². The predicted molar refractivity (Wildman–Crippen MR) is 96.2 cm³/mol. The Hall–Kier alpha value is -1.87. The number of hydrogen-bond acceptors (Lipinski definition) is 1. The van der Waals surface area contributed by atoms with Gasteiger partial charge in [0.25, 0.3) is 0 Å². The van der Waals surface area contributed by atoms with E-state index in [1.165, 1.54) is 11.1 Å². The zero-order valence-corrected chi connectivity index (χ0v) is 13.8. The van der Waals surface area contributed by atoms with E-state index in [2.05, 4.69) is 62.6 Å². The van der Waals surface area contributed by atoms with Gasteiger partial charge in [-0.15, -0.1) is 0 Å². The summed E-state index contributed by atoms with van der Waals surface area (Å²) in [5, 5.41) is 7.18.